The van der Waals surface area contributed by atoms with Crippen molar-refractivity contribution < 1.29 is 19.5 Å². The van der Waals surface area contributed by atoms with Gasteiger partial charge in [-0.25, -0.2) is 4.79 Å². The molecule has 0 saturated carbocycles. The van der Waals surface area contributed by atoms with Gasteiger partial charge in [0.15, 0.2) is 0 Å². The number of nitrogens with two attached hydrogens (primary N) is 1. The van der Waals surface area contributed by atoms with E-state index in [-0.39, 0.29) is 35.5 Å². The van der Waals surface area contributed by atoms with Crippen LogP contribution in [0.25, 0.3) is 0 Å². The molecule has 0 spiro atoms. The maximum Gasteiger partial charge on any atom is 0.335 e. The second kappa shape index (κ2) is 7.87. The van der Waals surface area contributed by atoms with Crippen LogP contribution < -0.4 is 5.73 Å². The van der Waals surface area contributed by atoms with E-state index in [0.29, 0.717) is 26.1 Å². The number of nitriles is 1. The molecule has 0 radical (unpaired) electrons. The van der Waals surface area contributed by atoms with Crippen molar-refractivity contribution in [3.8, 4) is 6.07 Å². The van der Waals surface area contributed by atoms with Crippen molar-refractivity contribution in [3.63, 3.8) is 0 Å². The summed E-state index contributed by atoms with van der Waals surface area (Å²) in [5.41, 5.74) is 8.55. The van der Waals surface area contributed by atoms with Crippen molar-refractivity contribution in [2.24, 2.45) is 5.73 Å². The monoisotopic (exact) mass is 437 g/mol. The van der Waals surface area contributed by atoms with E-state index in [9.17, 15) is 24.8 Å². The second-order valence-electron chi connectivity index (χ2n) is 9.30. The lowest BCUT2D eigenvalue weighted by molar-refractivity contribution is -0.141. The average molecular weight is 438 g/mol. The number of amides is 2. The van der Waals surface area contributed by atoms with E-state index in [4.69, 9.17) is 5.73 Å². The molecule has 3 N–H and O–H groups in total. The van der Waals surface area contributed by atoms with Gasteiger partial charge in [0.05, 0.1) is 29.8 Å². The van der Waals surface area contributed by atoms with Gasteiger partial charge in [-0.2, -0.15) is 5.26 Å². The minimum Gasteiger partial charge on any atom is -0.478 e. The highest BCUT2D eigenvalue weighted by Crippen LogP contribution is 2.44. The molecule has 5 atom stereocenters. The van der Waals surface area contributed by atoms with Crippen LogP contribution in [0, 0.1) is 11.3 Å². The molecule has 3 saturated heterocycles. The summed E-state index contributed by atoms with van der Waals surface area (Å²) in [6, 6.07) is 6.00. The number of hydrogen-bond acceptors (Lipinski definition) is 6. The lowest BCUT2D eigenvalue weighted by Crippen LogP contribution is -2.56. The van der Waals surface area contributed by atoms with E-state index in [1.807, 2.05) is 15.9 Å². The molecule has 1 unspecified atom stereocenters. The summed E-state index contributed by atoms with van der Waals surface area (Å²) in [7, 11) is 0. The van der Waals surface area contributed by atoms with Crippen LogP contribution in [0.1, 0.15) is 53.2 Å². The van der Waals surface area contributed by atoms with Gasteiger partial charge in [0.2, 0.25) is 11.8 Å². The van der Waals surface area contributed by atoms with E-state index in [0.717, 1.165) is 36.8 Å². The number of carbonyl (C=O) groups excluding carboxylic acids is 2. The number of piperazine rings is 1. The Labute approximate surface area is 186 Å². The lowest BCUT2D eigenvalue weighted by atomic mass is 10.0. The minimum atomic E-state index is -0.941. The molecule has 3 heterocycles. The molecule has 168 valence electrons. The van der Waals surface area contributed by atoms with Crippen LogP contribution in [-0.4, -0.2) is 81.4 Å². The topological polar surface area (TPSA) is 131 Å². The molecule has 3 fully saturated rings. The standard InChI is InChI=1S/C23H27N5O4/c24-10-15-2-1-7-27(15)21(29)18(25)12-26-11-16-9-20(26)22(30)28(16)19-6-4-13-8-14(23(31)32)3-5-17(13)19/h3,5,8,15-16,18-20H,1-2,4,6-7,9,11-12,25H2,(H,31,32)/t15-,16?,18-,19-,20+/m0/s1. The zero-order valence-corrected chi connectivity index (χ0v) is 17.8. The van der Waals surface area contributed by atoms with Gasteiger partial charge in [0.1, 0.15) is 6.04 Å². The molecule has 0 aromatic heterocycles. The summed E-state index contributed by atoms with van der Waals surface area (Å²) in [5, 5.41) is 18.5. The Morgan fingerprint density at radius 1 is 1.28 bits per heavy atom. The van der Waals surface area contributed by atoms with Crippen LogP contribution >= 0.6 is 0 Å². The number of rotatable bonds is 5. The summed E-state index contributed by atoms with van der Waals surface area (Å²) in [6.07, 6.45) is 3.80. The fourth-order valence-corrected chi connectivity index (χ4v) is 6.03. The smallest absolute Gasteiger partial charge is 0.335 e. The number of fused-ring (bicyclic) bond motifs is 3. The van der Waals surface area contributed by atoms with Crippen molar-refractivity contribution in [1.29, 1.82) is 5.26 Å². The number of carboxylic acids is 1. The van der Waals surface area contributed by atoms with Crippen LogP contribution in [0.2, 0.25) is 0 Å². The van der Waals surface area contributed by atoms with Crippen LogP contribution in [0.15, 0.2) is 18.2 Å². The van der Waals surface area contributed by atoms with Gasteiger partial charge in [-0.3, -0.25) is 14.5 Å². The SMILES string of the molecule is N#C[C@@H]1CCCN1C(=O)[C@@H](N)CN1CC2C[C@@H]1C(=O)N2[C@H]1CCc2cc(C(=O)O)ccc21. The molecule has 1 aromatic rings. The van der Waals surface area contributed by atoms with E-state index in [1.54, 1.807) is 17.0 Å². The van der Waals surface area contributed by atoms with Crippen LogP contribution in [0.3, 0.4) is 0 Å². The zero-order valence-electron chi connectivity index (χ0n) is 17.8. The number of hydrogen-bond donors (Lipinski definition) is 2. The maximum absolute atomic E-state index is 13.3. The van der Waals surface area contributed by atoms with Gasteiger partial charge >= 0.3 is 5.97 Å². The molecular weight excluding hydrogens is 410 g/mol. The van der Waals surface area contributed by atoms with Crippen LogP contribution in [0.4, 0.5) is 0 Å². The maximum atomic E-state index is 13.3. The Bertz CT molecular complexity index is 1020. The van der Waals surface area contributed by atoms with Crippen molar-refractivity contribution >= 4 is 17.8 Å². The Morgan fingerprint density at radius 2 is 2.09 bits per heavy atom. The highest BCUT2D eigenvalue weighted by atomic mass is 16.4. The lowest BCUT2D eigenvalue weighted by Gasteiger charge is -2.38. The van der Waals surface area contributed by atoms with Gasteiger partial charge in [-0.05, 0) is 55.4 Å². The number of aryl methyl sites for hydroxylation is 1. The molecule has 1 aliphatic carbocycles. The summed E-state index contributed by atoms with van der Waals surface area (Å²) in [5.74, 6) is -1.08. The molecule has 4 aliphatic rings. The quantitative estimate of drug-likeness (QED) is 0.686. The van der Waals surface area contributed by atoms with Gasteiger partial charge in [-0.1, -0.05) is 6.07 Å². The number of aromatic carboxylic acids is 1. The third kappa shape index (κ3) is 3.26. The van der Waals surface area contributed by atoms with E-state index >= 15 is 0 Å². The Hall–Kier alpha value is -2.96. The molecule has 9 heteroatoms. The number of nitrogens with zero attached hydrogens (tertiary/aromatic N) is 4. The third-order valence-corrected chi connectivity index (χ3v) is 7.52. The molecule has 5 rings (SSSR count). The van der Waals surface area contributed by atoms with Crippen molar-refractivity contribution in [2.75, 3.05) is 19.6 Å². The number of carboxylic acid groups (broad SMARTS) is 1. The van der Waals surface area contributed by atoms with Crippen molar-refractivity contribution in [2.45, 2.75) is 62.3 Å². The predicted molar refractivity (Wildman–Crippen MR) is 113 cm³/mol. The Balaban J connectivity index is 1.25. The van der Waals surface area contributed by atoms with Crippen molar-refractivity contribution in [1.82, 2.24) is 14.7 Å². The second-order valence-corrected chi connectivity index (χ2v) is 9.30. The average Bonchev–Trinajstić information content (AvgIpc) is 3.55. The molecule has 2 bridgehead atoms. The van der Waals surface area contributed by atoms with Crippen molar-refractivity contribution in [3.05, 3.63) is 34.9 Å². The van der Waals surface area contributed by atoms with E-state index < -0.39 is 18.1 Å². The Morgan fingerprint density at radius 3 is 2.81 bits per heavy atom. The first-order valence-electron chi connectivity index (χ1n) is 11.3. The zero-order chi connectivity index (χ0) is 22.6. The summed E-state index contributed by atoms with van der Waals surface area (Å²) >= 11 is 0. The molecule has 2 amide bonds. The summed E-state index contributed by atoms with van der Waals surface area (Å²) in [6.45, 7) is 1.56. The van der Waals surface area contributed by atoms with Crippen LogP contribution in [0.5, 0.6) is 0 Å². The molecule has 1 aromatic carbocycles. The van der Waals surface area contributed by atoms with Gasteiger partial charge in [-0.15, -0.1) is 0 Å². The van der Waals surface area contributed by atoms with Gasteiger partial charge in [0, 0.05) is 25.7 Å². The van der Waals surface area contributed by atoms with E-state index in [2.05, 4.69) is 6.07 Å². The largest absolute Gasteiger partial charge is 0.478 e. The van der Waals surface area contributed by atoms with Gasteiger partial charge in [0.25, 0.3) is 0 Å². The number of likely N-dealkylation sites (tertiary alicyclic amines) is 3. The first-order valence-corrected chi connectivity index (χ1v) is 11.3. The predicted octanol–water partition coefficient (Wildman–Crippen LogP) is 0.499. The fraction of sp³-hybridized carbons (Fsp3) is 0.565. The fourth-order valence-electron chi connectivity index (χ4n) is 6.03. The summed E-state index contributed by atoms with van der Waals surface area (Å²) in [4.78, 5) is 42.9. The molecule has 9 nitrogen and oxygen atoms in total. The van der Waals surface area contributed by atoms with E-state index in [1.165, 1.54) is 0 Å². The van der Waals surface area contributed by atoms with Crippen LogP contribution in [-0.2, 0) is 16.0 Å². The normalized spacial score (nSPS) is 29.9. The Kier molecular flexibility index (Phi) is 5.14. The highest BCUT2D eigenvalue weighted by Gasteiger charge is 2.53. The number of carbonyl (C=O) groups is 3. The molecule has 3 aliphatic heterocycles. The first kappa shape index (κ1) is 20.9. The first-order chi connectivity index (χ1) is 15.4. The molecule has 32 heavy (non-hydrogen) atoms. The van der Waals surface area contributed by atoms with Gasteiger partial charge < -0.3 is 20.6 Å². The molecular formula is C23H27N5O4. The number of benzene rings is 1. The highest BCUT2D eigenvalue weighted by molar-refractivity contribution is 5.89. The summed E-state index contributed by atoms with van der Waals surface area (Å²) < 4.78 is 0. The minimum absolute atomic E-state index is 0.0196. The third-order valence-electron chi connectivity index (χ3n) is 7.52.